The number of aromatic nitrogens is 4. The molecule has 0 saturated carbocycles. The first kappa shape index (κ1) is 45.1. The smallest absolute Gasteiger partial charge is 0.301 e. The number of aromatic amines is 1. The summed E-state index contributed by atoms with van der Waals surface area (Å²) in [6.07, 6.45) is 6.59. The SMILES string of the molecule is CCN(C)S(=O)(=O)Nc1ccc(F)c(C(=O)c2c[nH]c3ncc(-c4cnc(N5CCN(C(=O)CN6CCC(c7ccc(NC8CCC(=O)NC8=O)cc7)C(F)(F)C6)CC5)nc4)cc23)c1F. The van der Waals surface area contributed by atoms with E-state index in [1.165, 1.54) is 24.3 Å². The third-order valence-electron chi connectivity index (χ3n) is 12.0. The number of imide groups is 1. The fourth-order valence-electron chi connectivity index (χ4n) is 8.19. The average molecular weight is 920 g/mol. The van der Waals surface area contributed by atoms with E-state index in [4.69, 9.17) is 0 Å². The van der Waals surface area contributed by atoms with Crippen LogP contribution in [-0.4, -0.2) is 137 Å². The quantitative estimate of drug-likeness (QED) is 0.0748. The number of ketones is 1. The predicted octanol–water partition coefficient (Wildman–Crippen LogP) is 4.13. The van der Waals surface area contributed by atoms with Crippen LogP contribution in [0.4, 0.5) is 34.9 Å². The lowest BCUT2D eigenvalue weighted by molar-refractivity contribution is -0.137. The van der Waals surface area contributed by atoms with Crippen molar-refractivity contribution in [1.29, 1.82) is 0 Å². The van der Waals surface area contributed by atoms with E-state index in [0.717, 1.165) is 16.4 Å². The zero-order valence-corrected chi connectivity index (χ0v) is 36.1. The van der Waals surface area contributed by atoms with E-state index in [2.05, 4.69) is 35.3 Å². The molecular weight excluding hydrogens is 875 g/mol. The molecule has 3 fully saturated rings. The van der Waals surface area contributed by atoms with Crippen LogP contribution in [0.15, 0.2) is 67.3 Å². The van der Waals surface area contributed by atoms with Crippen LogP contribution in [0.3, 0.4) is 0 Å². The van der Waals surface area contributed by atoms with Crippen LogP contribution < -0.4 is 20.3 Å². The maximum absolute atomic E-state index is 15.6. The first-order valence-corrected chi connectivity index (χ1v) is 22.3. The van der Waals surface area contributed by atoms with Gasteiger partial charge < -0.3 is 20.1 Å². The van der Waals surface area contributed by atoms with Crippen molar-refractivity contribution in [2.75, 3.05) is 74.3 Å². The number of hydrogen-bond donors (Lipinski definition) is 4. The molecule has 0 spiro atoms. The number of amides is 3. The Kier molecular flexibility index (Phi) is 12.6. The molecule has 3 aliphatic rings. The summed E-state index contributed by atoms with van der Waals surface area (Å²) in [6, 6.07) is 9.24. The molecule has 65 heavy (non-hydrogen) atoms. The number of piperazine rings is 1. The van der Waals surface area contributed by atoms with Gasteiger partial charge in [-0.1, -0.05) is 19.1 Å². The molecule has 3 aromatic heterocycles. The third kappa shape index (κ3) is 9.50. The first-order valence-electron chi connectivity index (χ1n) is 20.9. The standard InChI is InChI=1S/C43H45F4N11O6S/c1-3-55(2)65(63,64)54-33-9-8-32(44)37(38(33)45)39(61)30-22-49-40-29(30)18-26(19-48-40)27-20-50-42(51-21-27)58-16-14-57(15-17-58)36(60)23-56-13-12-31(43(46,47)24-56)25-4-6-28(7-5-25)52-34-10-11-35(59)53-41(34)62/h4-9,18-22,31,34,52,54H,3,10-17,23-24H2,1-2H3,(H,48,49)(H,53,59,62). The van der Waals surface area contributed by atoms with Gasteiger partial charge in [0.1, 0.15) is 17.5 Å². The number of likely N-dealkylation sites (tertiary alicyclic amines) is 1. The number of carbonyl (C=O) groups excluding carboxylic acids is 4. The van der Waals surface area contributed by atoms with E-state index in [1.807, 2.05) is 4.90 Å². The van der Waals surface area contributed by atoms with Gasteiger partial charge in [-0.15, -0.1) is 0 Å². The van der Waals surface area contributed by atoms with Gasteiger partial charge in [0.25, 0.3) is 5.92 Å². The summed E-state index contributed by atoms with van der Waals surface area (Å²) in [5, 5.41) is 5.58. The summed E-state index contributed by atoms with van der Waals surface area (Å²) in [5.41, 5.74) is 0.662. The molecule has 342 valence electrons. The van der Waals surface area contributed by atoms with E-state index in [0.29, 0.717) is 67.5 Å². The van der Waals surface area contributed by atoms with Gasteiger partial charge in [-0.05, 0) is 55.3 Å². The highest BCUT2D eigenvalue weighted by molar-refractivity contribution is 7.90. The highest BCUT2D eigenvalue weighted by atomic mass is 32.2. The molecule has 3 amide bonds. The Labute approximate surface area is 370 Å². The molecule has 3 aliphatic heterocycles. The van der Waals surface area contributed by atoms with Gasteiger partial charge in [0, 0.05) is 98.7 Å². The maximum atomic E-state index is 15.6. The largest absolute Gasteiger partial charge is 0.374 e. The number of fused-ring (bicyclic) bond motifs is 1. The number of H-pyrrole nitrogens is 1. The number of carbonyl (C=O) groups is 4. The number of nitrogens with one attached hydrogen (secondary N) is 4. The topological polar surface area (TPSA) is 206 Å². The summed E-state index contributed by atoms with van der Waals surface area (Å²) in [7, 11) is -2.90. The molecule has 4 N–H and O–H groups in total. The van der Waals surface area contributed by atoms with Crippen molar-refractivity contribution in [3.05, 3.63) is 95.6 Å². The van der Waals surface area contributed by atoms with E-state index in [9.17, 15) is 27.6 Å². The van der Waals surface area contributed by atoms with Crippen molar-refractivity contribution in [3.8, 4) is 11.1 Å². The van der Waals surface area contributed by atoms with Crippen LogP contribution in [0.1, 0.15) is 53.6 Å². The van der Waals surface area contributed by atoms with Gasteiger partial charge in [0.15, 0.2) is 5.82 Å². The third-order valence-corrected chi connectivity index (χ3v) is 13.6. The maximum Gasteiger partial charge on any atom is 0.301 e. The van der Waals surface area contributed by atoms with E-state index < -0.39 is 69.2 Å². The minimum atomic E-state index is -4.18. The number of benzene rings is 2. The monoisotopic (exact) mass is 919 g/mol. The van der Waals surface area contributed by atoms with Gasteiger partial charge >= 0.3 is 10.2 Å². The average Bonchev–Trinajstić information content (AvgIpc) is 3.72. The van der Waals surface area contributed by atoms with Gasteiger partial charge in [0.05, 0.1) is 30.3 Å². The number of hydrogen-bond acceptors (Lipinski definition) is 12. The highest BCUT2D eigenvalue weighted by Gasteiger charge is 2.46. The molecule has 0 radical (unpaired) electrons. The Morgan fingerprint density at radius 3 is 2.32 bits per heavy atom. The zero-order chi connectivity index (χ0) is 46.2. The number of rotatable bonds is 13. The predicted molar refractivity (Wildman–Crippen MR) is 232 cm³/mol. The number of anilines is 3. The number of piperidine rings is 2. The van der Waals surface area contributed by atoms with Crippen molar-refractivity contribution in [2.24, 2.45) is 0 Å². The fourth-order valence-corrected chi connectivity index (χ4v) is 9.12. The normalized spacial score (nSPS) is 19.4. The lowest BCUT2D eigenvalue weighted by atomic mass is 9.86. The minimum absolute atomic E-state index is 0.0792. The number of alkyl halides is 2. The second-order valence-electron chi connectivity index (χ2n) is 16.2. The molecule has 17 nitrogen and oxygen atoms in total. The molecule has 3 saturated heterocycles. The Hall–Kier alpha value is -6.52. The first-order chi connectivity index (χ1) is 31.0. The van der Waals surface area contributed by atoms with Crippen molar-refractivity contribution >= 4 is 62.1 Å². The molecule has 2 atom stereocenters. The Balaban J connectivity index is 0.853. The molecule has 8 rings (SSSR count). The van der Waals surface area contributed by atoms with Crippen molar-refractivity contribution in [2.45, 2.75) is 44.1 Å². The molecule has 2 unspecified atom stereocenters. The second kappa shape index (κ2) is 18.2. The van der Waals surface area contributed by atoms with E-state index in [1.54, 1.807) is 54.5 Å². The van der Waals surface area contributed by atoms with Crippen LogP contribution in [0.2, 0.25) is 0 Å². The lowest BCUT2D eigenvalue weighted by Gasteiger charge is -2.40. The number of nitrogens with zero attached hydrogens (tertiary/aromatic N) is 7. The number of pyridine rings is 1. The van der Waals surface area contributed by atoms with Crippen LogP contribution in [0.25, 0.3) is 22.2 Å². The number of halogens is 4. The molecular formula is C43H45F4N11O6S. The Morgan fingerprint density at radius 2 is 1.65 bits per heavy atom. The van der Waals surface area contributed by atoms with Crippen LogP contribution >= 0.6 is 0 Å². The van der Waals surface area contributed by atoms with Crippen LogP contribution in [0.5, 0.6) is 0 Å². The van der Waals surface area contributed by atoms with Crippen molar-refractivity contribution in [1.82, 2.24) is 39.4 Å². The lowest BCUT2D eigenvalue weighted by Crippen LogP contribution is -2.54. The van der Waals surface area contributed by atoms with Gasteiger partial charge in [0.2, 0.25) is 29.5 Å². The minimum Gasteiger partial charge on any atom is -0.374 e. The second-order valence-corrected chi connectivity index (χ2v) is 18.0. The van der Waals surface area contributed by atoms with Crippen molar-refractivity contribution in [3.63, 3.8) is 0 Å². The van der Waals surface area contributed by atoms with Gasteiger partial charge in [-0.3, -0.25) is 34.1 Å². The molecule has 2 aromatic carbocycles. The molecule has 0 bridgehead atoms. The zero-order valence-electron chi connectivity index (χ0n) is 35.3. The molecule has 5 aromatic rings. The molecule has 6 heterocycles. The van der Waals surface area contributed by atoms with Crippen LogP contribution in [-0.2, 0) is 24.6 Å². The summed E-state index contributed by atoms with van der Waals surface area (Å²) >= 11 is 0. The highest BCUT2D eigenvalue weighted by Crippen LogP contribution is 2.41. The summed E-state index contributed by atoms with van der Waals surface area (Å²) in [5.74, 6) is -8.34. The molecule has 22 heteroatoms. The summed E-state index contributed by atoms with van der Waals surface area (Å²) in [4.78, 5) is 71.7. The van der Waals surface area contributed by atoms with Crippen LogP contribution in [0, 0.1) is 11.6 Å². The summed E-state index contributed by atoms with van der Waals surface area (Å²) < 4.78 is 89.8. The van der Waals surface area contributed by atoms with Gasteiger partial charge in [-0.25, -0.2) is 32.5 Å². The van der Waals surface area contributed by atoms with E-state index in [-0.39, 0.29) is 54.3 Å². The van der Waals surface area contributed by atoms with E-state index >= 15 is 17.6 Å². The van der Waals surface area contributed by atoms with Crippen molar-refractivity contribution < 1.29 is 45.2 Å². The summed E-state index contributed by atoms with van der Waals surface area (Å²) in [6.45, 7) is 2.68. The Bertz CT molecular complexity index is 2750. The van der Waals surface area contributed by atoms with Gasteiger partial charge in [-0.2, -0.15) is 12.7 Å². The fraction of sp³-hybridized carbons (Fsp3) is 0.372. The Morgan fingerprint density at radius 1 is 0.938 bits per heavy atom. The molecule has 0 aliphatic carbocycles.